The summed E-state index contributed by atoms with van der Waals surface area (Å²) in [4.78, 5) is 4.04. The van der Waals surface area contributed by atoms with Gasteiger partial charge in [0.15, 0.2) is 11.8 Å². The van der Waals surface area contributed by atoms with Gasteiger partial charge in [-0.1, -0.05) is 54.1 Å². The number of aliphatic imine (C=N–C) groups is 1. The first-order valence-corrected chi connectivity index (χ1v) is 6.57. The summed E-state index contributed by atoms with van der Waals surface area (Å²) in [7, 11) is 0. The molecule has 0 fully saturated rings. The smallest absolute Gasteiger partial charge is 0.192 e. The van der Waals surface area contributed by atoms with E-state index >= 15 is 0 Å². The number of fused-ring (bicyclic) bond motifs is 1. The molecule has 4 N–H and O–H groups in total. The van der Waals surface area contributed by atoms with Gasteiger partial charge >= 0.3 is 0 Å². The molecule has 0 radical (unpaired) electrons. The SMILES string of the molecule is Cc1ccc(-c2nnc(N=C(N)N)c3ccccc23)cc1. The zero-order valence-electron chi connectivity index (χ0n) is 11.6. The number of nitrogens with zero attached hydrogens (tertiary/aromatic N) is 3. The van der Waals surface area contributed by atoms with Gasteiger partial charge in [-0.25, -0.2) is 0 Å². The van der Waals surface area contributed by atoms with Gasteiger partial charge in [0.25, 0.3) is 0 Å². The Morgan fingerprint density at radius 1 is 0.905 bits per heavy atom. The highest BCUT2D eigenvalue weighted by atomic mass is 15.2. The van der Waals surface area contributed by atoms with Crippen molar-refractivity contribution in [2.45, 2.75) is 6.92 Å². The zero-order chi connectivity index (χ0) is 14.8. The molecule has 0 saturated heterocycles. The summed E-state index contributed by atoms with van der Waals surface area (Å²) in [5, 5.41) is 10.3. The van der Waals surface area contributed by atoms with Crippen molar-refractivity contribution < 1.29 is 0 Å². The van der Waals surface area contributed by atoms with Crippen LogP contribution in [0.4, 0.5) is 5.82 Å². The summed E-state index contributed by atoms with van der Waals surface area (Å²) >= 11 is 0. The van der Waals surface area contributed by atoms with Crippen molar-refractivity contribution in [2.24, 2.45) is 16.5 Å². The van der Waals surface area contributed by atoms with Gasteiger partial charge in [0.05, 0.1) is 0 Å². The molecule has 104 valence electrons. The first-order valence-electron chi connectivity index (χ1n) is 6.57. The van der Waals surface area contributed by atoms with Crippen molar-refractivity contribution in [3.05, 3.63) is 54.1 Å². The lowest BCUT2D eigenvalue weighted by Gasteiger charge is -2.07. The summed E-state index contributed by atoms with van der Waals surface area (Å²) in [6, 6.07) is 16.0. The fourth-order valence-corrected chi connectivity index (χ4v) is 2.22. The van der Waals surface area contributed by atoms with Gasteiger partial charge in [-0.3, -0.25) is 0 Å². The number of hydrogen-bond acceptors (Lipinski definition) is 3. The Bertz CT molecular complexity index is 818. The van der Waals surface area contributed by atoms with Crippen LogP contribution in [0.2, 0.25) is 0 Å². The third-order valence-corrected chi connectivity index (χ3v) is 3.23. The molecule has 5 nitrogen and oxygen atoms in total. The van der Waals surface area contributed by atoms with Gasteiger partial charge < -0.3 is 11.5 Å². The Hall–Kier alpha value is -2.95. The third-order valence-electron chi connectivity index (χ3n) is 3.23. The minimum Gasteiger partial charge on any atom is -0.370 e. The Kier molecular flexibility index (Phi) is 3.23. The average molecular weight is 277 g/mol. The quantitative estimate of drug-likeness (QED) is 0.556. The van der Waals surface area contributed by atoms with Crippen LogP contribution in [0.1, 0.15) is 5.56 Å². The fraction of sp³-hybridized carbons (Fsp3) is 0.0625. The number of hydrogen-bond donors (Lipinski definition) is 2. The first-order chi connectivity index (χ1) is 10.1. The Labute approximate surface area is 122 Å². The van der Waals surface area contributed by atoms with Gasteiger partial charge in [0.1, 0.15) is 5.69 Å². The van der Waals surface area contributed by atoms with Crippen molar-refractivity contribution in [3.63, 3.8) is 0 Å². The van der Waals surface area contributed by atoms with Crippen LogP contribution in [0, 0.1) is 6.92 Å². The van der Waals surface area contributed by atoms with Crippen molar-refractivity contribution >= 4 is 22.5 Å². The third kappa shape index (κ3) is 2.53. The second kappa shape index (κ2) is 5.20. The average Bonchev–Trinajstić information content (AvgIpc) is 2.48. The molecule has 3 rings (SSSR count). The lowest BCUT2D eigenvalue weighted by molar-refractivity contribution is 1.05. The highest BCUT2D eigenvalue weighted by molar-refractivity contribution is 6.00. The number of aromatic nitrogens is 2. The van der Waals surface area contributed by atoms with Crippen LogP contribution in [0.15, 0.2) is 53.5 Å². The van der Waals surface area contributed by atoms with Crippen LogP contribution in [-0.4, -0.2) is 16.2 Å². The van der Waals surface area contributed by atoms with Crippen molar-refractivity contribution in [3.8, 4) is 11.3 Å². The minimum absolute atomic E-state index is 0.0301. The highest BCUT2D eigenvalue weighted by Crippen LogP contribution is 2.30. The molecule has 21 heavy (non-hydrogen) atoms. The molecule has 0 aliphatic rings. The number of benzene rings is 2. The second-order valence-corrected chi connectivity index (χ2v) is 4.82. The standard InChI is InChI=1S/C16H15N5/c1-10-6-8-11(9-7-10)14-12-4-2-3-5-13(12)15(21-20-14)19-16(17)18/h2-9H,1H3,(H4,17,18,19,21). The molecule has 5 heteroatoms. The molecule has 0 spiro atoms. The number of guanidine groups is 1. The maximum absolute atomic E-state index is 5.44. The van der Waals surface area contributed by atoms with E-state index in [2.05, 4.69) is 34.2 Å². The molecular weight excluding hydrogens is 262 g/mol. The molecule has 2 aromatic carbocycles. The summed E-state index contributed by atoms with van der Waals surface area (Å²) in [5.74, 6) is 0.402. The van der Waals surface area contributed by atoms with Crippen LogP contribution < -0.4 is 11.5 Å². The molecule has 1 aromatic heterocycles. The van der Waals surface area contributed by atoms with E-state index in [4.69, 9.17) is 11.5 Å². The molecule has 0 bridgehead atoms. The lowest BCUT2D eigenvalue weighted by atomic mass is 10.0. The van der Waals surface area contributed by atoms with Gasteiger partial charge in [0.2, 0.25) is 0 Å². The molecule has 0 unspecified atom stereocenters. The zero-order valence-corrected chi connectivity index (χ0v) is 11.6. The summed E-state index contributed by atoms with van der Waals surface area (Å²) < 4.78 is 0. The highest BCUT2D eigenvalue weighted by Gasteiger charge is 2.10. The number of aryl methyl sites for hydroxylation is 1. The predicted octanol–water partition coefficient (Wildman–Crippen LogP) is 2.51. The maximum Gasteiger partial charge on any atom is 0.192 e. The summed E-state index contributed by atoms with van der Waals surface area (Å²) in [5.41, 5.74) is 13.9. The maximum atomic E-state index is 5.44. The van der Waals surface area contributed by atoms with Crippen molar-refractivity contribution in [2.75, 3.05) is 0 Å². The van der Waals surface area contributed by atoms with E-state index in [0.717, 1.165) is 22.0 Å². The van der Waals surface area contributed by atoms with Crippen molar-refractivity contribution in [1.29, 1.82) is 0 Å². The Morgan fingerprint density at radius 3 is 2.24 bits per heavy atom. The van der Waals surface area contributed by atoms with Crippen LogP contribution in [-0.2, 0) is 0 Å². The van der Waals surface area contributed by atoms with Gasteiger partial charge in [-0.15, -0.1) is 10.2 Å². The molecule has 0 amide bonds. The largest absolute Gasteiger partial charge is 0.370 e. The van der Waals surface area contributed by atoms with E-state index in [9.17, 15) is 0 Å². The van der Waals surface area contributed by atoms with Crippen LogP contribution in [0.5, 0.6) is 0 Å². The second-order valence-electron chi connectivity index (χ2n) is 4.82. The van der Waals surface area contributed by atoms with E-state index in [1.165, 1.54) is 5.56 Å². The monoisotopic (exact) mass is 277 g/mol. The fourth-order valence-electron chi connectivity index (χ4n) is 2.22. The Morgan fingerprint density at radius 2 is 1.57 bits per heavy atom. The van der Waals surface area contributed by atoms with E-state index in [1.54, 1.807) is 0 Å². The summed E-state index contributed by atoms with van der Waals surface area (Å²) in [6.45, 7) is 2.05. The molecule has 0 aliphatic heterocycles. The molecular formula is C16H15N5. The van der Waals surface area contributed by atoms with Gasteiger partial charge in [0, 0.05) is 16.3 Å². The van der Waals surface area contributed by atoms with Crippen LogP contribution in [0.3, 0.4) is 0 Å². The summed E-state index contributed by atoms with van der Waals surface area (Å²) in [6.07, 6.45) is 0. The molecule has 0 atom stereocenters. The Balaban J connectivity index is 2.26. The van der Waals surface area contributed by atoms with Crippen LogP contribution >= 0.6 is 0 Å². The van der Waals surface area contributed by atoms with E-state index in [-0.39, 0.29) is 5.96 Å². The van der Waals surface area contributed by atoms with Gasteiger partial charge in [-0.05, 0) is 6.92 Å². The normalized spacial score (nSPS) is 10.5. The topological polar surface area (TPSA) is 90.2 Å². The molecule has 0 saturated carbocycles. The van der Waals surface area contributed by atoms with Crippen molar-refractivity contribution in [1.82, 2.24) is 10.2 Å². The molecule has 1 heterocycles. The van der Waals surface area contributed by atoms with E-state index in [1.807, 2.05) is 36.4 Å². The van der Waals surface area contributed by atoms with Gasteiger partial charge in [-0.2, -0.15) is 4.99 Å². The predicted molar refractivity (Wildman–Crippen MR) is 85.2 cm³/mol. The van der Waals surface area contributed by atoms with Crippen LogP contribution in [0.25, 0.3) is 22.0 Å². The lowest BCUT2D eigenvalue weighted by Crippen LogP contribution is -2.22. The van der Waals surface area contributed by atoms with E-state index < -0.39 is 0 Å². The number of rotatable bonds is 2. The number of nitrogens with two attached hydrogens (primary N) is 2. The molecule has 0 aliphatic carbocycles. The minimum atomic E-state index is -0.0301. The first kappa shape index (κ1) is 13.1. The molecule has 3 aromatic rings. The van der Waals surface area contributed by atoms with E-state index in [0.29, 0.717) is 5.82 Å².